The Kier molecular flexibility index (Phi) is 2.65. The van der Waals surface area contributed by atoms with Crippen LogP contribution in [0.3, 0.4) is 0 Å². The third-order valence-corrected chi connectivity index (χ3v) is 0.753. The number of carbonyl (C=O) groups is 1. The second-order valence-corrected chi connectivity index (χ2v) is 1.74. The highest BCUT2D eigenvalue weighted by Crippen LogP contribution is 2.20. The maximum atomic E-state index is 11.3. The number of nitrogens with two attached hydrogens (primary N) is 1. The molecule has 0 rings (SSSR count). The monoisotopic (exact) mass is 157 g/mol. The molecule has 6 heteroatoms. The van der Waals surface area contributed by atoms with E-state index in [0.717, 1.165) is 0 Å². The molecule has 10 heavy (non-hydrogen) atoms. The van der Waals surface area contributed by atoms with Gasteiger partial charge in [0, 0.05) is 0 Å². The molecule has 0 bridgehead atoms. The number of alkyl halides is 3. The second kappa shape index (κ2) is 2.87. The van der Waals surface area contributed by atoms with Gasteiger partial charge in [0.15, 0.2) is 0 Å². The molecule has 0 radical (unpaired) electrons. The van der Waals surface area contributed by atoms with E-state index in [9.17, 15) is 18.0 Å². The zero-order valence-corrected chi connectivity index (χ0v) is 4.85. The molecule has 0 aliphatic heterocycles. The molecule has 0 fully saturated rings. The highest BCUT2D eigenvalue weighted by atomic mass is 19.4. The number of rotatable bonds is 2. The molecule has 0 spiro atoms. The van der Waals surface area contributed by atoms with Crippen LogP contribution in [0.25, 0.3) is 0 Å². The average Bonchev–Trinajstić information content (AvgIpc) is 1.60. The van der Waals surface area contributed by atoms with Gasteiger partial charge >= 0.3 is 6.18 Å². The van der Waals surface area contributed by atoms with E-state index < -0.39 is 24.6 Å². The SMILES string of the molecule is NC(=O)[C@@H](O)CC(F)(F)F. The van der Waals surface area contributed by atoms with Gasteiger partial charge < -0.3 is 10.8 Å². The van der Waals surface area contributed by atoms with Crippen LogP contribution in [0.15, 0.2) is 0 Å². The minimum absolute atomic E-state index is 1.36. The lowest BCUT2D eigenvalue weighted by atomic mass is 10.2. The molecule has 1 amide bonds. The highest BCUT2D eigenvalue weighted by molar-refractivity contribution is 5.78. The van der Waals surface area contributed by atoms with Crippen molar-refractivity contribution in [1.82, 2.24) is 0 Å². The van der Waals surface area contributed by atoms with E-state index in [1.807, 2.05) is 0 Å². The summed E-state index contributed by atoms with van der Waals surface area (Å²) >= 11 is 0. The van der Waals surface area contributed by atoms with Crippen molar-refractivity contribution in [3.8, 4) is 0 Å². The minimum atomic E-state index is -4.55. The number of primary amides is 1. The van der Waals surface area contributed by atoms with Crippen LogP contribution in [0.4, 0.5) is 13.2 Å². The molecule has 0 heterocycles. The summed E-state index contributed by atoms with van der Waals surface area (Å²) in [6.45, 7) is 0. The number of hydrogen-bond donors (Lipinski definition) is 2. The number of hydrogen-bond acceptors (Lipinski definition) is 2. The Hall–Kier alpha value is -0.780. The first-order valence-electron chi connectivity index (χ1n) is 2.37. The molecule has 0 aliphatic rings. The molecule has 1 atom stereocenters. The molecule has 0 aromatic rings. The van der Waals surface area contributed by atoms with Crippen molar-refractivity contribution >= 4 is 5.91 Å². The quantitative estimate of drug-likeness (QED) is 0.582. The Labute approximate surface area is 54.6 Å². The molecule has 0 aromatic heterocycles. The first-order chi connectivity index (χ1) is 4.33. The molecule has 0 aliphatic carbocycles. The van der Waals surface area contributed by atoms with Crippen LogP contribution in [-0.4, -0.2) is 23.3 Å². The summed E-state index contributed by atoms with van der Waals surface area (Å²) in [5, 5.41) is 8.27. The number of carbonyl (C=O) groups excluding carboxylic acids is 1. The molecule has 60 valence electrons. The maximum absolute atomic E-state index is 11.3. The van der Waals surface area contributed by atoms with Crippen molar-refractivity contribution in [2.75, 3.05) is 0 Å². The van der Waals surface area contributed by atoms with Crippen LogP contribution in [-0.2, 0) is 4.79 Å². The van der Waals surface area contributed by atoms with Crippen molar-refractivity contribution in [3.63, 3.8) is 0 Å². The normalized spacial score (nSPS) is 14.8. The Bertz CT molecular complexity index is 133. The van der Waals surface area contributed by atoms with E-state index in [1.54, 1.807) is 0 Å². The predicted molar refractivity (Wildman–Crippen MR) is 25.9 cm³/mol. The van der Waals surface area contributed by atoms with Crippen LogP contribution in [0.5, 0.6) is 0 Å². The molecule has 3 nitrogen and oxygen atoms in total. The third kappa shape index (κ3) is 4.13. The molecular formula is C4H6F3NO2. The molecule has 0 unspecified atom stereocenters. The van der Waals surface area contributed by atoms with Crippen LogP contribution < -0.4 is 5.73 Å². The van der Waals surface area contributed by atoms with Crippen LogP contribution in [0.1, 0.15) is 6.42 Å². The second-order valence-electron chi connectivity index (χ2n) is 1.74. The Morgan fingerprint density at radius 2 is 2.00 bits per heavy atom. The fraction of sp³-hybridized carbons (Fsp3) is 0.750. The summed E-state index contributed by atoms with van der Waals surface area (Å²) in [7, 11) is 0. The summed E-state index contributed by atoms with van der Waals surface area (Å²) in [4.78, 5) is 9.85. The maximum Gasteiger partial charge on any atom is 0.392 e. The highest BCUT2D eigenvalue weighted by Gasteiger charge is 2.33. The molecule has 0 saturated carbocycles. The summed E-state index contributed by atoms with van der Waals surface area (Å²) in [5.41, 5.74) is 4.35. The van der Waals surface area contributed by atoms with Gasteiger partial charge in [-0.05, 0) is 0 Å². The summed E-state index contributed by atoms with van der Waals surface area (Å²) in [6, 6.07) is 0. The van der Waals surface area contributed by atoms with E-state index in [2.05, 4.69) is 5.73 Å². The van der Waals surface area contributed by atoms with Crippen molar-refractivity contribution in [3.05, 3.63) is 0 Å². The van der Waals surface area contributed by atoms with E-state index in [1.165, 1.54) is 0 Å². The number of aliphatic hydroxyl groups excluding tert-OH is 1. The molecule has 3 N–H and O–H groups in total. The van der Waals surface area contributed by atoms with Crippen LogP contribution in [0.2, 0.25) is 0 Å². The fourth-order valence-corrected chi connectivity index (χ4v) is 0.320. The first kappa shape index (κ1) is 9.22. The average molecular weight is 157 g/mol. The Morgan fingerprint density at radius 1 is 1.60 bits per heavy atom. The number of aliphatic hydroxyl groups is 1. The Balaban J connectivity index is 3.80. The molecule has 0 saturated heterocycles. The van der Waals surface area contributed by atoms with Crippen molar-refractivity contribution in [2.24, 2.45) is 5.73 Å². The van der Waals surface area contributed by atoms with Gasteiger partial charge in [-0.2, -0.15) is 13.2 Å². The van der Waals surface area contributed by atoms with Crippen molar-refractivity contribution < 1.29 is 23.1 Å². The third-order valence-electron chi connectivity index (χ3n) is 0.753. The topological polar surface area (TPSA) is 63.3 Å². The van der Waals surface area contributed by atoms with E-state index in [0.29, 0.717) is 0 Å². The number of amides is 1. The Morgan fingerprint density at radius 3 is 2.10 bits per heavy atom. The standard InChI is InChI=1S/C4H6F3NO2/c5-4(6,7)1-2(9)3(8)10/h2,9H,1H2,(H2,8,10)/t2-/m0/s1. The summed E-state index contributed by atoms with van der Waals surface area (Å²) < 4.78 is 33.9. The fourth-order valence-electron chi connectivity index (χ4n) is 0.320. The van der Waals surface area contributed by atoms with Gasteiger partial charge in [0.05, 0.1) is 6.42 Å². The number of halogens is 3. The lowest BCUT2D eigenvalue weighted by Crippen LogP contribution is -2.32. The zero-order valence-electron chi connectivity index (χ0n) is 4.85. The van der Waals surface area contributed by atoms with Gasteiger partial charge in [-0.3, -0.25) is 4.79 Å². The first-order valence-corrected chi connectivity index (χ1v) is 2.37. The van der Waals surface area contributed by atoms with Gasteiger partial charge in [-0.25, -0.2) is 0 Å². The summed E-state index contributed by atoms with van der Waals surface area (Å²) in [6.07, 6.45) is -8.25. The lowest BCUT2D eigenvalue weighted by molar-refractivity contribution is -0.161. The van der Waals surface area contributed by atoms with Crippen molar-refractivity contribution in [2.45, 2.75) is 18.7 Å². The lowest BCUT2D eigenvalue weighted by Gasteiger charge is -2.08. The van der Waals surface area contributed by atoms with Gasteiger partial charge in [0.25, 0.3) is 0 Å². The van der Waals surface area contributed by atoms with Gasteiger partial charge in [-0.15, -0.1) is 0 Å². The van der Waals surface area contributed by atoms with Gasteiger partial charge in [0.1, 0.15) is 6.10 Å². The van der Waals surface area contributed by atoms with E-state index in [-0.39, 0.29) is 0 Å². The van der Waals surface area contributed by atoms with Crippen LogP contribution in [0, 0.1) is 0 Å². The largest absolute Gasteiger partial charge is 0.392 e. The predicted octanol–water partition coefficient (Wildman–Crippen LogP) is -0.215. The van der Waals surface area contributed by atoms with Gasteiger partial charge in [-0.1, -0.05) is 0 Å². The van der Waals surface area contributed by atoms with Crippen molar-refractivity contribution in [1.29, 1.82) is 0 Å². The molecule has 0 aromatic carbocycles. The minimum Gasteiger partial charge on any atom is -0.383 e. The van der Waals surface area contributed by atoms with E-state index in [4.69, 9.17) is 5.11 Å². The van der Waals surface area contributed by atoms with Crippen LogP contribution >= 0.6 is 0 Å². The van der Waals surface area contributed by atoms with Gasteiger partial charge in [0.2, 0.25) is 5.91 Å². The zero-order chi connectivity index (χ0) is 8.36. The summed E-state index contributed by atoms with van der Waals surface area (Å²) in [5.74, 6) is -1.36. The molecular weight excluding hydrogens is 151 g/mol. The smallest absolute Gasteiger partial charge is 0.383 e. The van der Waals surface area contributed by atoms with E-state index >= 15 is 0 Å².